The minimum atomic E-state index is -0.249. The number of benzene rings is 1. The second-order valence-electron chi connectivity index (χ2n) is 8.17. The molecule has 0 saturated heterocycles. The number of para-hydroxylation sites is 1. The van der Waals surface area contributed by atoms with Crippen LogP contribution >= 0.6 is 0 Å². The molecular weight excluding hydrogens is 376 g/mol. The molecule has 5 rings (SSSR count). The first kappa shape index (κ1) is 18.7. The van der Waals surface area contributed by atoms with Crippen molar-refractivity contribution in [3.63, 3.8) is 0 Å². The van der Waals surface area contributed by atoms with Crippen LogP contribution in [0.2, 0.25) is 0 Å². The van der Waals surface area contributed by atoms with E-state index in [1.807, 2.05) is 48.2 Å². The average molecular weight is 400 g/mol. The summed E-state index contributed by atoms with van der Waals surface area (Å²) in [4.78, 5) is 37.6. The van der Waals surface area contributed by atoms with Gasteiger partial charge in [-0.05, 0) is 38.0 Å². The molecule has 3 heterocycles. The van der Waals surface area contributed by atoms with Crippen LogP contribution in [0.4, 0.5) is 5.82 Å². The maximum absolute atomic E-state index is 13.4. The number of rotatable bonds is 3. The summed E-state index contributed by atoms with van der Waals surface area (Å²) >= 11 is 0. The van der Waals surface area contributed by atoms with Gasteiger partial charge in [0, 0.05) is 29.2 Å². The summed E-state index contributed by atoms with van der Waals surface area (Å²) in [6.07, 6.45) is 5.56. The molecule has 0 spiro atoms. The van der Waals surface area contributed by atoms with E-state index in [1.54, 1.807) is 6.07 Å². The summed E-state index contributed by atoms with van der Waals surface area (Å²) in [7, 11) is 0. The van der Waals surface area contributed by atoms with Crippen molar-refractivity contribution in [3.8, 4) is 0 Å². The Morgan fingerprint density at radius 3 is 2.63 bits per heavy atom. The van der Waals surface area contributed by atoms with E-state index >= 15 is 0 Å². The maximum atomic E-state index is 13.4. The number of hydrogen-bond donors (Lipinski definition) is 1. The predicted molar refractivity (Wildman–Crippen MR) is 115 cm³/mol. The summed E-state index contributed by atoms with van der Waals surface area (Å²) < 4.78 is 0. The number of pyridine rings is 2. The lowest BCUT2D eigenvalue weighted by atomic mass is 9.94. The zero-order chi connectivity index (χ0) is 20.7. The number of aryl methyl sites for hydroxylation is 1. The van der Waals surface area contributed by atoms with Crippen molar-refractivity contribution >= 4 is 28.5 Å². The summed E-state index contributed by atoms with van der Waals surface area (Å²) in [6, 6.07) is 13.3. The maximum Gasteiger partial charge on any atom is 0.273 e. The van der Waals surface area contributed by atoms with Gasteiger partial charge >= 0.3 is 0 Å². The summed E-state index contributed by atoms with van der Waals surface area (Å²) in [5.74, 6) is 0.203. The molecule has 0 radical (unpaired) electrons. The van der Waals surface area contributed by atoms with Crippen LogP contribution in [-0.2, 0) is 6.54 Å². The third-order valence-corrected chi connectivity index (χ3v) is 6.16. The van der Waals surface area contributed by atoms with E-state index < -0.39 is 0 Å². The fourth-order valence-electron chi connectivity index (χ4n) is 4.70. The second-order valence-corrected chi connectivity index (χ2v) is 8.17. The van der Waals surface area contributed by atoms with Crippen LogP contribution in [0.3, 0.4) is 0 Å². The van der Waals surface area contributed by atoms with Gasteiger partial charge in [-0.25, -0.2) is 9.97 Å². The molecule has 1 N–H and O–H groups in total. The highest BCUT2D eigenvalue weighted by Gasteiger charge is 2.38. The minimum absolute atomic E-state index is 0.0506. The van der Waals surface area contributed by atoms with Crippen molar-refractivity contribution in [1.29, 1.82) is 0 Å². The lowest BCUT2D eigenvalue weighted by Crippen LogP contribution is -2.37. The molecule has 152 valence electrons. The quantitative estimate of drug-likeness (QED) is 0.703. The molecule has 6 nitrogen and oxygen atoms in total. The SMILES string of the molecule is Cc1cccc(NC(=O)c2c3c(nc4ccccc24)C(=O)N(C2CCCCC2)C3)n1. The molecule has 2 amide bonds. The fraction of sp³-hybridized carbons (Fsp3) is 0.333. The van der Waals surface area contributed by atoms with Gasteiger partial charge in [-0.1, -0.05) is 43.5 Å². The van der Waals surface area contributed by atoms with Crippen molar-refractivity contribution in [3.05, 3.63) is 65.0 Å². The number of amides is 2. The Balaban J connectivity index is 1.58. The molecule has 1 aliphatic heterocycles. The smallest absolute Gasteiger partial charge is 0.273 e. The zero-order valence-electron chi connectivity index (χ0n) is 17.0. The van der Waals surface area contributed by atoms with Crippen molar-refractivity contribution in [2.24, 2.45) is 0 Å². The van der Waals surface area contributed by atoms with E-state index in [9.17, 15) is 9.59 Å². The normalized spacial score (nSPS) is 16.7. The Morgan fingerprint density at radius 2 is 1.83 bits per heavy atom. The number of hydrogen-bond acceptors (Lipinski definition) is 4. The lowest BCUT2D eigenvalue weighted by molar-refractivity contribution is 0.0655. The van der Waals surface area contributed by atoms with Gasteiger partial charge < -0.3 is 10.2 Å². The van der Waals surface area contributed by atoms with Crippen LogP contribution in [0, 0.1) is 6.92 Å². The van der Waals surface area contributed by atoms with Gasteiger partial charge in [0.15, 0.2) is 0 Å². The van der Waals surface area contributed by atoms with Crippen LogP contribution in [0.1, 0.15) is 64.2 Å². The fourth-order valence-corrected chi connectivity index (χ4v) is 4.70. The Labute approximate surface area is 175 Å². The molecule has 6 heteroatoms. The minimum Gasteiger partial charge on any atom is -0.330 e. The van der Waals surface area contributed by atoms with Crippen molar-refractivity contribution < 1.29 is 9.59 Å². The molecule has 0 bridgehead atoms. The molecule has 30 heavy (non-hydrogen) atoms. The van der Waals surface area contributed by atoms with Gasteiger partial charge in [-0.3, -0.25) is 9.59 Å². The van der Waals surface area contributed by atoms with E-state index in [0.29, 0.717) is 29.1 Å². The van der Waals surface area contributed by atoms with E-state index in [1.165, 1.54) is 6.42 Å². The molecule has 1 aromatic carbocycles. The molecule has 2 aromatic heterocycles. The third kappa shape index (κ3) is 3.22. The number of nitrogens with zero attached hydrogens (tertiary/aromatic N) is 3. The highest BCUT2D eigenvalue weighted by atomic mass is 16.2. The average Bonchev–Trinajstić information content (AvgIpc) is 3.08. The van der Waals surface area contributed by atoms with E-state index in [0.717, 1.165) is 42.3 Å². The summed E-state index contributed by atoms with van der Waals surface area (Å²) in [5, 5.41) is 3.69. The van der Waals surface area contributed by atoms with Gasteiger partial charge in [-0.2, -0.15) is 0 Å². The van der Waals surface area contributed by atoms with Gasteiger partial charge in [0.1, 0.15) is 11.5 Å². The van der Waals surface area contributed by atoms with Gasteiger partial charge in [0.05, 0.1) is 11.1 Å². The highest BCUT2D eigenvalue weighted by molar-refractivity contribution is 6.16. The van der Waals surface area contributed by atoms with Crippen LogP contribution in [0.5, 0.6) is 0 Å². The third-order valence-electron chi connectivity index (χ3n) is 6.16. The number of fused-ring (bicyclic) bond motifs is 2. The van der Waals surface area contributed by atoms with Crippen LogP contribution in [0.15, 0.2) is 42.5 Å². The molecule has 2 aliphatic rings. The molecule has 1 fully saturated rings. The Kier molecular flexibility index (Phi) is 4.69. The largest absolute Gasteiger partial charge is 0.330 e. The Morgan fingerprint density at radius 1 is 1.03 bits per heavy atom. The summed E-state index contributed by atoms with van der Waals surface area (Å²) in [6.45, 7) is 2.33. The standard InChI is InChI=1S/C24H24N4O2/c1-15-8-7-13-20(25-15)27-23(29)21-17-11-5-6-12-19(17)26-22-18(21)14-28(24(22)30)16-9-3-2-4-10-16/h5-8,11-13,16H,2-4,9-10,14H2,1H3,(H,25,27,29). The predicted octanol–water partition coefficient (Wildman–Crippen LogP) is 4.48. The van der Waals surface area contributed by atoms with Crippen LogP contribution in [-0.4, -0.2) is 32.7 Å². The molecule has 0 unspecified atom stereocenters. The monoisotopic (exact) mass is 400 g/mol. The topological polar surface area (TPSA) is 75.2 Å². The molecule has 1 saturated carbocycles. The Bertz CT molecular complexity index is 1150. The zero-order valence-corrected chi connectivity index (χ0v) is 17.0. The number of carbonyl (C=O) groups is 2. The van der Waals surface area contributed by atoms with E-state index in [2.05, 4.69) is 15.3 Å². The first-order chi connectivity index (χ1) is 14.6. The molecule has 3 aromatic rings. The first-order valence-electron chi connectivity index (χ1n) is 10.6. The van der Waals surface area contributed by atoms with Crippen LogP contribution in [0.25, 0.3) is 10.9 Å². The van der Waals surface area contributed by atoms with Gasteiger partial charge in [0.25, 0.3) is 11.8 Å². The van der Waals surface area contributed by atoms with Crippen molar-refractivity contribution in [2.75, 3.05) is 5.32 Å². The van der Waals surface area contributed by atoms with Crippen LogP contribution < -0.4 is 5.32 Å². The van der Waals surface area contributed by atoms with Crippen molar-refractivity contribution in [2.45, 2.75) is 51.6 Å². The number of carbonyl (C=O) groups excluding carboxylic acids is 2. The van der Waals surface area contributed by atoms with E-state index in [-0.39, 0.29) is 17.9 Å². The molecular formula is C24H24N4O2. The van der Waals surface area contributed by atoms with E-state index in [4.69, 9.17) is 0 Å². The molecule has 1 aliphatic carbocycles. The molecule has 0 atom stereocenters. The number of nitrogens with one attached hydrogen (secondary N) is 1. The van der Waals surface area contributed by atoms with Gasteiger partial charge in [0.2, 0.25) is 0 Å². The number of aromatic nitrogens is 2. The van der Waals surface area contributed by atoms with Crippen molar-refractivity contribution in [1.82, 2.24) is 14.9 Å². The first-order valence-corrected chi connectivity index (χ1v) is 10.6. The Hall–Kier alpha value is -3.28. The second kappa shape index (κ2) is 7.52. The van der Waals surface area contributed by atoms with Gasteiger partial charge in [-0.15, -0.1) is 0 Å². The summed E-state index contributed by atoms with van der Waals surface area (Å²) in [5.41, 5.74) is 3.18. The lowest BCUT2D eigenvalue weighted by Gasteiger charge is -2.30. The highest BCUT2D eigenvalue weighted by Crippen LogP contribution is 2.34. The number of anilines is 1.